The number of carboxylic acids is 1. The number of carboxylic acid groups (broad SMARTS) is 1. The molecule has 33 heavy (non-hydrogen) atoms. The van der Waals surface area contributed by atoms with Crippen molar-refractivity contribution in [3.05, 3.63) is 71.8 Å². The van der Waals surface area contributed by atoms with Crippen LogP contribution < -0.4 is 10.6 Å². The Morgan fingerprint density at radius 1 is 1.00 bits per heavy atom. The molecule has 0 atom stereocenters. The van der Waals surface area contributed by atoms with Crippen molar-refractivity contribution >= 4 is 18.0 Å². The zero-order valence-electron chi connectivity index (χ0n) is 18.4. The van der Waals surface area contributed by atoms with Gasteiger partial charge in [0.2, 0.25) is 5.91 Å². The molecule has 172 valence electrons. The number of nitrogens with one attached hydrogen (secondary N) is 2. The number of carbonyl (C=O) groups excluding carboxylic acids is 2. The minimum absolute atomic E-state index is 0.0127. The normalized spacial score (nSPS) is 16.2. The van der Waals surface area contributed by atoms with E-state index in [1.165, 1.54) is 23.3 Å². The minimum atomic E-state index is -0.918. The highest BCUT2D eigenvalue weighted by atomic mass is 16.5. The first kappa shape index (κ1) is 22.6. The van der Waals surface area contributed by atoms with Gasteiger partial charge >= 0.3 is 12.1 Å². The van der Waals surface area contributed by atoms with Gasteiger partial charge in [0.05, 0.1) is 12.0 Å². The van der Waals surface area contributed by atoms with Gasteiger partial charge in [0.25, 0.3) is 0 Å². The predicted octanol–water partition coefficient (Wildman–Crippen LogP) is 3.99. The highest BCUT2D eigenvalue weighted by molar-refractivity contribution is 5.88. The van der Waals surface area contributed by atoms with Gasteiger partial charge in [0, 0.05) is 18.5 Å². The van der Waals surface area contributed by atoms with Crippen molar-refractivity contribution in [2.75, 3.05) is 13.2 Å². The van der Waals surface area contributed by atoms with Crippen LogP contribution in [-0.2, 0) is 14.3 Å². The molecule has 0 bridgehead atoms. The number of carbonyl (C=O) groups is 3. The molecule has 4 rings (SSSR count). The zero-order valence-corrected chi connectivity index (χ0v) is 18.4. The fourth-order valence-corrected chi connectivity index (χ4v) is 4.95. The van der Waals surface area contributed by atoms with Gasteiger partial charge in [-0.25, -0.2) is 4.79 Å². The maximum atomic E-state index is 12.2. The molecule has 2 aromatic carbocycles. The van der Waals surface area contributed by atoms with Crippen LogP contribution in [0.4, 0.5) is 4.79 Å². The van der Waals surface area contributed by atoms with E-state index in [1.807, 2.05) is 24.3 Å². The summed E-state index contributed by atoms with van der Waals surface area (Å²) in [6, 6.07) is 16.3. The molecule has 0 aromatic heterocycles. The number of amides is 2. The van der Waals surface area contributed by atoms with E-state index in [4.69, 9.17) is 9.84 Å². The second kappa shape index (κ2) is 9.90. The largest absolute Gasteiger partial charge is 0.481 e. The lowest BCUT2D eigenvalue weighted by Gasteiger charge is -2.28. The van der Waals surface area contributed by atoms with Gasteiger partial charge in [-0.3, -0.25) is 9.59 Å². The lowest BCUT2D eigenvalue weighted by atomic mass is 9.93. The first-order valence-electron chi connectivity index (χ1n) is 11.3. The summed E-state index contributed by atoms with van der Waals surface area (Å²) in [7, 11) is 0. The average Bonchev–Trinajstić information content (AvgIpc) is 3.37. The number of ether oxygens (including phenoxy) is 1. The molecular weight excluding hydrogens is 420 g/mol. The Bertz CT molecular complexity index is 1030. The van der Waals surface area contributed by atoms with E-state index in [-0.39, 0.29) is 31.4 Å². The summed E-state index contributed by atoms with van der Waals surface area (Å²) in [6.45, 7) is 0.359. The van der Waals surface area contributed by atoms with Crippen LogP contribution >= 0.6 is 0 Å². The molecule has 1 fully saturated rings. The van der Waals surface area contributed by atoms with E-state index in [0.29, 0.717) is 12.8 Å². The first-order chi connectivity index (χ1) is 16.0. The Hall–Kier alpha value is -3.61. The molecule has 7 nitrogen and oxygen atoms in total. The van der Waals surface area contributed by atoms with Crippen molar-refractivity contribution in [3.63, 3.8) is 0 Å². The summed E-state index contributed by atoms with van der Waals surface area (Å²) < 4.78 is 5.46. The Morgan fingerprint density at radius 2 is 1.61 bits per heavy atom. The Labute approximate surface area is 192 Å². The van der Waals surface area contributed by atoms with Crippen LogP contribution in [0.2, 0.25) is 0 Å². The summed E-state index contributed by atoms with van der Waals surface area (Å²) in [4.78, 5) is 35.6. The Kier molecular flexibility index (Phi) is 6.77. The summed E-state index contributed by atoms with van der Waals surface area (Å²) in [5.41, 5.74) is 3.95. The van der Waals surface area contributed by atoms with Gasteiger partial charge < -0.3 is 20.5 Å². The van der Waals surface area contributed by atoms with Crippen molar-refractivity contribution in [2.45, 2.75) is 43.6 Å². The lowest BCUT2D eigenvalue weighted by Crippen LogP contribution is -2.47. The monoisotopic (exact) mass is 448 g/mol. The van der Waals surface area contributed by atoms with Gasteiger partial charge in [-0.2, -0.15) is 0 Å². The quantitative estimate of drug-likeness (QED) is 0.530. The van der Waals surface area contributed by atoms with E-state index in [2.05, 4.69) is 34.9 Å². The summed E-state index contributed by atoms with van der Waals surface area (Å²) in [6.07, 6.45) is 5.35. The van der Waals surface area contributed by atoms with Crippen LogP contribution in [0.15, 0.2) is 60.7 Å². The van der Waals surface area contributed by atoms with E-state index in [0.717, 1.165) is 24.0 Å². The summed E-state index contributed by atoms with van der Waals surface area (Å²) >= 11 is 0. The summed E-state index contributed by atoms with van der Waals surface area (Å²) in [5, 5.41) is 14.6. The molecule has 0 aliphatic heterocycles. The molecule has 7 heteroatoms. The average molecular weight is 449 g/mol. The minimum Gasteiger partial charge on any atom is -0.481 e. The van der Waals surface area contributed by atoms with Crippen LogP contribution in [-0.4, -0.2) is 41.8 Å². The number of hydrogen-bond donors (Lipinski definition) is 3. The van der Waals surface area contributed by atoms with Crippen LogP contribution in [0.25, 0.3) is 11.1 Å². The Morgan fingerprint density at radius 3 is 2.21 bits per heavy atom. The molecular formula is C26H28N2O5. The molecule has 3 N–H and O–H groups in total. The van der Waals surface area contributed by atoms with Crippen molar-refractivity contribution in [1.82, 2.24) is 10.6 Å². The third-order valence-electron chi connectivity index (χ3n) is 6.42. The van der Waals surface area contributed by atoms with E-state index < -0.39 is 17.6 Å². The lowest BCUT2D eigenvalue weighted by molar-refractivity contribution is -0.139. The van der Waals surface area contributed by atoms with Crippen LogP contribution in [0.5, 0.6) is 0 Å². The molecule has 0 heterocycles. The number of rotatable bonds is 8. The third kappa shape index (κ3) is 5.25. The van der Waals surface area contributed by atoms with Crippen molar-refractivity contribution < 1.29 is 24.2 Å². The van der Waals surface area contributed by atoms with E-state index in [9.17, 15) is 14.4 Å². The molecule has 0 unspecified atom stereocenters. The molecule has 2 aromatic rings. The molecule has 0 saturated heterocycles. The highest BCUT2D eigenvalue weighted by Gasteiger charge is 2.37. The van der Waals surface area contributed by atoms with Gasteiger partial charge in [-0.15, -0.1) is 0 Å². The number of hydrogen-bond acceptors (Lipinski definition) is 4. The van der Waals surface area contributed by atoms with Gasteiger partial charge in [-0.05, 0) is 35.1 Å². The molecule has 2 amide bonds. The zero-order chi connectivity index (χ0) is 23.3. The first-order valence-corrected chi connectivity index (χ1v) is 11.3. The second-order valence-corrected chi connectivity index (χ2v) is 8.66. The third-order valence-corrected chi connectivity index (χ3v) is 6.42. The maximum Gasteiger partial charge on any atom is 0.407 e. The number of alkyl carbamates (subject to hydrolysis) is 1. The topological polar surface area (TPSA) is 105 Å². The van der Waals surface area contributed by atoms with Gasteiger partial charge in [0.1, 0.15) is 6.61 Å². The van der Waals surface area contributed by atoms with Crippen LogP contribution in [0.1, 0.15) is 49.1 Å². The Balaban J connectivity index is 1.25. The van der Waals surface area contributed by atoms with Crippen LogP contribution in [0.3, 0.4) is 0 Å². The van der Waals surface area contributed by atoms with Gasteiger partial charge in [0.15, 0.2) is 0 Å². The van der Waals surface area contributed by atoms with E-state index in [1.54, 1.807) is 0 Å². The highest BCUT2D eigenvalue weighted by Crippen LogP contribution is 2.44. The second-order valence-electron chi connectivity index (χ2n) is 8.66. The molecule has 0 radical (unpaired) electrons. The molecule has 1 saturated carbocycles. The SMILES string of the molecule is O=C(O)CC1(NC(=O)/C=C/CNC(=O)OCC2c3ccccc3-c3ccccc32)CCCC1. The van der Waals surface area contributed by atoms with Crippen LogP contribution in [0, 0.1) is 0 Å². The fraction of sp³-hybridized carbons (Fsp3) is 0.346. The summed E-state index contributed by atoms with van der Waals surface area (Å²) in [5.74, 6) is -1.29. The van der Waals surface area contributed by atoms with Crippen molar-refractivity contribution in [1.29, 1.82) is 0 Å². The van der Waals surface area contributed by atoms with Gasteiger partial charge in [-0.1, -0.05) is 67.4 Å². The van der Waals surface area contributed by atoms with E-state index >= 15 is 0 Å². The molecule has 2 aliphatic rings. The van der Waals surface area contributed by atoms with Crippen molar-refractivity contribution in [2.24, 2.45) is 0 Å². The molecule has 0 spiro atoms. The standard InChI is InChI=1S/C26H28N2O5/c29-23(28-26(16-24(30)31)13-5-6-14-26)12-7-15-27-25(32)33-17-22-20-10-3-1-8-18(20)19-9-2-4-11-21(19)22/h1-4,7-12,22H,5-6,13-17H2,(H,27,32)(H,28,29)(H,30,31)/b12-7+. The number of benzene rings is 2. The number of fused-ring (bicyclic) bond motifs is 3. The molecule has 2 aliphatic carbocycles. The fourth-order valence-electron chi connectivity index (χ4n) is 4.95. The smallest absolute Gasteiger partial charge is 0.407 e. The maximum absolute atomic E-state index is 12.2. The van der Waals surface area contributed by atoms with Crippen molar-refractivity contribution in [3.8, 4) is 11.1 Å². The predicted molar refractivity (Wildman–Crippen MR) is 124 cm³/mol. The number of aliphatic carboxylic acids is 1.